The van der Waals surface area contributed by atoms with Gasteiger partial charge in [-0.25, -0.2) is 9.59 Å². The van der Waals surface area contributed by atoms with E-state index < -0.39 is 23.9 Å². The molecule has 0 amide bonds. The normalized spacial score (nSPS) is 10.5. The standard InChI is InChI=1S/2C21H30O4.2C8H17.Sn/c2*1-2-3-4-5-6-7-8-9-10-11-14-17-25-21(24)19-16-13-12-15-18(19)20(22)23;2*1-3-5-7-8-6-4-2;/h2*7-8,12-13,15-16H,2-6,9-11,14,17H2,1H3,(H,22,23);2*1,3-8H2,2H3;/q;;;;+2/p-2/b2*8-7+;;;. The minimum atomic E-state index is -1.37. The second kappa shape index (κ2) is 53.6. The Balaban J connectivity index is -0.000000914. The fourth-order valence-electron chi connectivity index (χ4n) is 6.66. The summed E-state index contributed by atoms with van der Waals surface area (Å²) in [7, 11) is 0. The first-order chi connectivity index (χ1) is 32.2. The number of carbonyl (C=O) groups is 4. The smallest absolute Gasteiger partial charge is 0.545 e. The van der Waals surface area contributed by atoms with Crippen molar-refractivity contribution in [2.75, 3.05) is 13.2 Å². The van der Waals surface area contributed by atoms with E-state index in [0.717, 1.165) is 77.0 Å². The van der Waals surface area contributed by atoms with E-state index in [4.69, 9.17) is 9.47 Å². The summed E-state index contributed by atoms with van der Waals surface area (Å²) in [6.07, 6.45) is 45.4. The molecule has 0 saturated carbocycles. The molecule has 8 nitrogen and oxygen atoms in total. The summed E-state index contributed by atoms with van der Waals surface area (Å²) in [6.45, 7) is 17.1. The summed E-state index contributed by atoms with van der Waals surface area (Å²) in [5.74, 6) is -3.94. The van der Waals surface area contributed by atoms with Crippen molar-refractivity contribution in [3.05, 3.63) is 109 Å². The number of rotatable bonds is 36. The Hall–Kier alpha value is -3.40. The molecule has 0 unspecified atom stereocenters. The molecule has 0 heterocycles. The molecule has 0 spiro atoms. The average Bonchev–Trinajstić information content (AvgIpc) is 3.33. The van der Waals surface area contributed by atoms with Crippen LogP contribution in [0.3, 0.4) is 0 Å². The van der Waals surface area contributed by atoms with Crippen LogP contribution in [0.5, 0.6) is 0 Å². The molecule has 0 atom stereocenters. The first-order valence-corrected chi connectivity index (χ1v) is 26.0. The maximum atomic E-state index is 11.9. The predicted molar refractivity (Wildman–Crippen MR) is 278 cm³/mol. The summed E-state index contributed by atoms with van der Waals surface area (Å²) in [6, 6.07) is 11.9. The van der Waals surface area contributed by atoms with E-state index in [1.807, 2.05) is 0 Å². The average molecular weight is 1040 g/mol. The summed E-state index contributed by atoms with van der Waals surface area (Å²) in [5, 5.41) is 22.0. The molecule has 2 rings (SSSR count). The molecular weight excluding hydrogens is 943 g/mol. The number of hydrogen-bond acceptors (Lipinski definition) is 8. The van der Waals surface area contributed by atoms with Crippen LogP contribution in [0.4, 0.5) is 0 Å². The van der Waals surface area contributed by atoms with Gasteiger partial charge in [0.15, 0.2) is 0 Å². The molecule has 0 aliphatic rings. The van der Waals surface area contributed by atoms with Crippen molar-refractivity contribution < 1.29 is 38.9 Å². The molecular formula is C58H92O8Sn. The Morgan fingerprint density at radius 3 is 0.925 bits per heavy atom. The number of hydrogen-bond donors (Lipinski definition) is 0. The summed E-state index contributed by atoms with van der Waals surface area (Å²) in [4.78, 5) is 45.8. The van der Waals surface area contributed by atoms with Gasteiger partial charge in [0.2, 0.25) is 0 Å². The van der Waals surface area contributed by atoms with Crippen LogP contribution in [0.2, 0.25) is 0 Å². The van der Waals surface area contributed by atoms with Gasteiger partial charge in [-0.15, -0.1) is 0 Å². The van der Waals surface area contributed by atoms with Crippen molar-refractivity contribution in [3.8, 4) is 0 Å². The van der Waals surface area contributed by atoms with Gasteiger partial charge in [0.1, 0.15) is 0 Å². The van der Waals surface area contributed by atoms with Gasteiger partial charge in [-0.3, -0.25) is 0 Å². The minimum Gasteiger partial charge on any atom is -0.545 e. The number of allylic oxidation sites excluding steroid dienone is 4. The topological polar surface area (TPSA) is 133 Å². The van der Waals surface area contributed by atoms with E-state index in [1.165, 1.54) is 140 Å². The third kappa shape index (κ3) is 43.6. The summed E-state index contributed by atoms with van der Waals surface area (Å²) < 4.78 is 10.3. The van der Waals surface area contributed by atoms with Gasteiger partial charge in [-0.2, -0.15) is 0 Å². The van der Waals surface area contributed by atoms with Crippen LogP contribution in [-0.2, 0) is 9.47 Å². The van der Waals surface area contributed by atoms with Gasteiger partial charge in [-0.05, 0) is 89.2 Å². The predicted octanol–water partition coefficient (Wildman–Crippen LogP) is 14.6. The van der Waals surface area contributed by atoms with Gasteiger partial charge in [0.05, 0.1) is 36.3 Å². The molecule has 0 aliphatic heterocycles. The van der Waals surface area contributed by atoms with Crippen LogP contribution < -0.4 is 10.2 Å². The molecule has 0 aromatic heterocycles. The van der Waals surface area contributed by atoms with Crippen LogP contribution in [0, 0.1) is 13.8 Å². The number of ether oxygens (including phenoxy) is 2. The number of carboxylic acid groups (broad SMARTS) is 2. The monoisotopic (exact) mass is 1040 g/mol. The molecule has 2 aromatic carbocycles. The quantitative estimate of drug-likeness (QED) is 0.0285. The zero-order chi connectivity index (χ0) is 49.1. The SMILES string of the molecule is CCCCCC/C=C/CCCCCOC(=O)c1ccccc1C(=O)[O-].CCCCCC/C=C/CCCCCOC(=O)c1ccccc1C(=O)[O-].[CH2]CCCCCCC.[CH2]CCCCCCC.[Sn+2]. The van der Waals surface area contributed by atoms with E-state index in [0.29, 0.717) is 13.2 Å². The van der Waals surface area contributed by atoms with Crippen LogP contribution in [0.1, 0.15) is 262 Å². The second-order valence-corrected chi connectivity index (χ2v) is 16.8. The van der Waals surface area contributed by atoms with Crippen LogP contribution in [-0.4, -0.2) is 61.0 Å². The molecule has 0 aliphatic carbocycles. The van der Waals surface area contributed by atoms with Crippen molar-refractivity contribution in [3.63, 3.8) is 0 Å². The first kappa shape index (κ1) is 67.9. The van der Waals surface area contributed by atoms with Crippen molar-refractivity contribution in [1.29, 1.82) is 0 Å². The Morgan fingerprint density at radius 2 is 0.657 bits per heavy atom. The van der Waals surface area contributed by atoms with Gasteiger partial charge in [0.25, 0.3) is 0 Å². The Kier molecular flexibility index (Phi) is 54.2. The van der Waals surface area contributed by atoms with Crippen LogP contribution in [0.25, 0.3) is 0 Å². The summed E-state index contributed by atoms with van der Waals surface area (Å²) in [5.41, 5.74) is -0.157. The maximum Gasteiger partial charge on any atom is 2.00 e. The van der Waals surface area contributed by atoms with Crippen LogP contribution >= 0.6 is 0 Å². The van der Waals surface area contributed by atoms with Gasteiger partial charge in [0, 0.05) is 11.1 Å². The number of unbranched alkanes of at least 4 members (excludes halogenated alkanes) is 24. The maximum absolute atomic E-state index is 11.9. The number of benzene rings is 2. The van der Waals surface area contributed by atoms with Crippen molar-refractivity contribution in [2.45, 2.75) is 220 Å². The van der Waals surface area contributed by atoms with Gasteiger partial charge >= 0.3 is 35.8 Å². The van der Waals surface area contributed by atoms with E-state index in [1.54, 1.807) is 24.3 Å². The molecule has 0 N–H and O–H groups in total. The summed E-state index contributed by atoms with van der Waals surface area (Å²) >= 11 is 0. The van der Waals surface area contributed by atoms with E-state index in [9.17, 15) is 29.4 Å². The molecule has 2 aromatic rings. The zero-order valence-electron chi connectivity index (χ0n) is 42.7. The molecule has 376 valence electrons. The van der Waals surface area contributed by atoms with Gasteiger partial charge in [-0.1, -0.05) is 218 Å². The van der Waals surface area contributed by atoms with Gasteiger partial charge < -0.3 is 29.3 Å². The Labute approximate surface area is 426 Å². The zero-order valence-corrected chi connectivity index (χ0v) is 45.6. The number of aromatic carboxylic acids is 2. The van der Waals surface area contributed by atoms with Crippen molar-refractivity contribution >= 4 is 47.8 Å². The fraction of sp³-hybridized carbons (Fsp3) is 0.621. The number of carboxylic acids is 2. The van der Waals surface area contributed by atoms with Crippen LogP contribution in [0.15, 0.2) is 72.8 Å². The number of esters is 2. The van der Waals surface area contributed by atoms with Crippen molar-refractivity contribution in [2.24, 2.45) is 0 Å². The third-order valence-corrected chi connectivity index (χ3v) is 10.7. The Morgan fingerprint density at radius 1 is 0.403 bits per heavy atom. The van der Waals surface area contributed by atoms with E-state index >= 15 is 0 Å². The third-order valence-electron chi connectivity index (χ3n) is 10.7. The largest absolute Gasteiger partial charge is 2.00 e. The molecule has 0 bridgehead atoms. The molecule has 0 saturated heterocycles. The molecule has 4 radical (unpaired) electrons. The Bertz CT molecular complexity index is 1380. The molecule has 9 heteroatoms. The van der Waals surface area contributed by atoms with E-state index in [-0.39, 0.29) is 46.2 Å². The fourth-order valence-corrected chi connectivity index (χ4v) is 6.66. The second-order valence-electron chi connectivity index (χ2n) is 16.8. The molecule has 67 heavy (non-hydrogen) atoms. The van der Waals surface area contributed by atoms with Crippen molar-refractivity contribution in [1.82, 2.24) is 0 Å². The minimum absolute atomic E-state index is 0. The molecule has 0 fully saturated rings. The first-order valence-electron chi connectivity index (χ1n) is 26.0. The van der Waals surface area contributed by atoms with E-state index in [2.05, 4.69) is 65.8 Å². The number of carbonyl (C=O) groups excluding carboxylic acids is 4.